The van der Waals surface area contributed by atoms with Crippen molar-refractivity contribution in [2.75, 3.05) is 33.9 Å². The molecule has 0 aromatic rings. The van der Waals surface area contributed by atoms with E-state index >= 15 is 0 Å². The number of hydrogen-bond donors (Lipinski definition) is 0. The van der Waals surface area contributed by atoms with Crippen LogP contribution in [0.25, 0.3) is 0 Å². The molecular formula is C135H273FN2O4. The Morgan fingerprint density at radius 1 is 0.380 bits per heavy atom. The predicted octanol–water partition coefficient (Wildman–Crippen LogP) is 44.4. The van der Waals surface area contributed by atoms with Gasteiger partial charge in [0.15, 0.2) is 5.79 Å². The van der Waals surface area contributed by atoms with Crippen LogP contribution in [0.2, 0.25) is 0 Å². The molecule has 1 heterocycles. The van der Waals surface area contributed by atoms with E-state index < -0.39 is 11.5 Å². The number of nitrogens with zero attached hydrogens (tertiary/aromatic N) is 2. The molecule has 3 rings (SSSR count). The van der Waals surface area contributed by atoms with Crippen LogP contribution in [0.15, 0.2) is 28.3 Å². The van der Waals surface area contributed by atoms with E-state index in [0.717, 1.165) is 12.3 Å². The molecule has 0 aromatic carbocycles. The van der Waals surface area contributed by atoms with Gasteiger partial charge in [-0.2, -0.15) is 0 Å². The molecule has 0 unspecified atom stereocenters. The largest absolute Gasteiger partial charge is 0.374 e. The molecule has 1 saturated heterocycles. The average molecular weight is 2010 g/mol. The van der Waals surface area contributed by atoms with Gasteiger partial charge in [0, 0.05) is 71.6 Å². The highest BCUT2D eigenvalue weighted by Crippen LogP contribution is 2.60. The van der Waals surface area contributed by atoms with E-state index in [-0.39, 0.29) is 73.4 Å². The molecule has 0 amide bonds. The van der Waals surface area contributed by atoms with E-state index in [0.29, 0.717) is 101 Å². The molecular weight excluding hydrogens is 1730 g/mol. The Balaban J connectivity index is -0.000000149. The fourth-order valence-electron chi connectivity index (χ4n) is 23.4. The summed E-state index contributed by atoms with van der Waals surface area (Å²) in [4.78, 5) is 18.1. The lowest BCUT2D eigenvalue weighted by Crippen LogP contribution is -2.54. The molecule has 0 bridgehead atoms. The van der Waals surface area contributed by atoms with Crippen molar-refractivity contribution in [3.63, 3.8) is 0 Å². The standard InChI is InChI=1S/C15H19N.C14H28.C14H26.C12H26O.C11H25N.C11H22O2.C11H24.C10H21F.C10H20.C9H18O.2C9H20.2H2/c1-8-9-10-11-12-16-13(14(2,3)4)15(5,6)7;1-12(2,3)14(13(4,5)6)10-8-7-9-11-14;1-13(2,3)12(14(4,5)6)11-9-7-8-10-11;1-9-13-12(8,10(2,3)4)11(5,6)7;1-10(2,3)9(12(7)8)11(4,5)6;1-9(2,3)11(10(4,5)6)12-7-8-13-11;1-9(2,3)11(7,8)10(4,5)6;1-8(2,3)10(7,11)9(4,5)6;1-8(9(2,3)4)10(5,6)7;1-8(2,3)7(10)9(4,5)6;2*1-8(2,3)7-9(4,5)6;;/h1H,2-7H3;7-11H2,1-6H3;7-10H2,1-6H3;9H2,1-8H3;9H,1-8H3;7-8H2,1-6H3;1-8H3;1-7H3;1H2,2-7H3;1-6H3;2*7H2,1-6H3;2*1H. The lowest BCUT2D eigenvalue weighted by atomic mass is 9.49. The number of terminal acetylenes is 1. The van der Waals surface area contributed by atoms with Crippen molar-refractivity contribution in [2.24, 2.45) is 146 Å². The second-order valence-corrected chi connectivity index (χ2v) is 69.3. The van der Waals surface area contributed by atoms with Crippen molar-refractivity contribution < 1.29 is 26.2 Å². The first kappa shape index (κ1) is 157. The zero-order chi connectivity index (χ0) is 118. The topological polar surface area (TPSA) is 60.4 Å². The number of aliphatic imine (C=N–C) groups is 1. The number of hydrogen-bond acceptors (Lipinski definition) is 6. The first-order valence-electron chi connectivity index (χ1n) is 56.0. The Kier molecular flexibility index (Phi) is 62.1. The average Bonchev–Trinajstić information content (AvgIpc) is 1.33. The normalized spacial score (nSPS) is 16.1. The van der Waals surface area contributed by atoms with Crippen LogP contribution in [0.5, 0.6) is 0 Å². The smallest absolute Gasteiger partial charge is 0.178 e. The molecule has 2 saturated carbocycles. The van der Waals surface area contributed by atoms with Gasteiger partial charge in [0.05, 0.1) is 18.8 Å². The number of carbonyl (C=O) groups is 1. The van der Waals surface area contributed by atoms with Crippen molar-refractivity contribution in [3.8, 4) is 36.1 Å². The summed E-state index contributed by atoms with van der Waals surface area (Å²) in [5.74, 6) is 9.69. The van der Waals surface area contributed by atoms with Crippen LogP contribution in [-0.2, 0) is 19.0 Å². The lowest BCUT2D eigenvalue weighted by molar-refractivity contribution is -0.279. The van der Waals surface area contributed by atoms with Crippen LogP contribution >= 0.6 is 0 Å². The van der Waals surface area contributed by atoms with Crippen molar-refractivity contribution in [1.29, 1.82) is 0 Å². The van der Waals surface area contributed by atoms with E-state index in [1.54, 1.807) is 18.1 Å². The van der Waals surface area contributed by atoms with Crippen molar-refractivity contribution in [2.45, 2.75) is 627 Å². The van der Waals surface area contributed by atoms with Crippen LogP contribution in [0.1, 0.15) is 607 Å². The highest BCUT2D eigenvalue weighted by atomic mass is 19.1. The van der Waals surface area contributed by atoms with E-state index in [1.807, 2.05) is 83.1 Å². The maximum atomic E-state index is 14.1. The molecule has 0 N–H and O–H groups in total. The van der Waals surface area contributed by atoms with Crippen LogP contribution in [0.4, 0.5) is 4.39 Å². The highest BCUT2D eigenvalue weighted by molar-refractivity contribution is 5.94. The maximum Gasteiger partial charge on any atom is 0.178 e. The second-order valence-electron chi connectivity index (χ2n) is 69.3. The molecule has 854 valence electrons. The predicted molar refractivity (Wildman–Crippen MR) is 653 cm³/mol. The van der Waals surface area contributed by atoms with Gasteiger partial charge in [0.25, 0.3) is 0 Å². The molecule has 0 spiro atoms. The van der Waals surface area contributed by atoms with Crippen LogP contribution in [0.3, 0.4) is 0 Å². The Labute approximate surface area is 903 Å². The SMILES string of the molecule is C#CC#CC#CN=C(C(C)(C)C)C(C)(C)C.C=C(C(C)(C)C)C(C)(C)C.CC(C)(C)C(=C1CCCC1)C(C)(C)C.CC(C)(C)C(=O)C(C)(C)C.CC(C)(C)C(C)(C)C(C)(C)C.CC(C)(C)C(C)(F)C(C)(C)C.CC(C)(C)C1(C(C)(C)C)CCCCC1.CC(C)(C)C1(C(C)(C)C)OCCO1.CC(C)(C)CC(C)(C)C.CC(C)(C)CC(C)(C)C.CCOC(C)(C(C)(C)C)C(C)(C)C.CN(C)C(C(C)(C)C)C(C)(C)C.[HH].[HH]. The number of alkyl halides is 1. The van der Waals surface area contributed by atoms with E-state index in [9.17, 15) is 9.18 Å². The van der Waals surface area contributed by atoms with E-state index in [4.69, 9.17) is 20.6 Å². The van der Waals surface area contributed by atoms with Gasteiger partial charge in [0.2, 0.25) is 0 Å². The summed E-state index contributed by atoms with van der Waals surface area (Å²) in [6, 6.07) is 3.32. The quantitative estimate of drug-likeness (QED) is 0.160. The van der Waals surface area contributed by atoms with Gasteiger partial charge in [-0.15, -0.1) is 6.42 Å². The Morgan fingerprint density at radius 3 is 0.768 bits per heavy atom. The van der Waals surface area contributed by atoms with E-state index in [2.05, 4.69) is 503 Å². The zero-order valence-corrected chi connectivity index (χ0v) is 113. The molecule has 2 aliphatic carbocycles. The molecule has 0 radical (unpaired) electrons. The lowest BCUT2D eigenvalue weighted by Gasteiger charge is -2.56. The summed E-state index contributed by atoms with van der Waals surface area (Å²) in [5, 5.41) is 0. The third-order valence-corrected chi connectivity index (χ3v) is 29.5. The number of Topliss-reactive ketones (excluding diaryl/α,β-unsaturated/α-hetero) is 1. The summed E-state index contributed by atoms with van der Waals surface area (Å²) >= 11 is 0. The van der Waals surface area contributed by atoms with Gasteiger partial charge >= 0.3 is 0 Å². The molecule has 1 aliphatic heterocycles. The minimum Gasteiger partial charge on any atom is -0.374 e. The van der Waals surface area contributed by atoms with Crippen LogP contribution in [0, 0.1) is 177 Å². The van der Waals surface area contributed by atoms with Gasteiger partial charge < -0.3 is 19.1 Å². The van der Waals surface area contributed by atoms with Crippen LogP contribution in [-0.4, -0.2) is 73.4 Å². The number of halogens is 1. The van der Waals surface area contributed by atoms with Crippen molar-refractivity contribution in [3.05, 3.63) is 23.3 Å². The Hall–Kier alpha value is -2.73. The summed E-state index contributed by atoms with van der Waals surface area (Å²) in [6.07, 6.45) is 20.3. The Bertz CT molecular complexity index is 3480. The highest BCUT2D eigenvalue weighted by Gasteiger charge is 2.56. The first-order chi connectivity index (χ1) is 60.7. The molecule has 3 aliphatic rings. The fourth-order valence-corrected chi connectivity index (χ4v) is 23.4. The van der Waals surface area contributed by atoms with Gasteiger partial charge in [-0.25, -0.2) is 9.38 Å². The third-order valence-electron chi connectivity index (χ3n) is 29.5. The minimum absolute atomic E-state index is 0. The Morgan fingerprint density at radius 2 is 0.655 bits per heavy atom. The summed E-state index contributed by atoms with van der Waals surface area (Å²) in [5.41, 5.74) is 10.5. The second kappa shape index (κ2) is 56.2. The van der Waals surface area contributed by atoms with Gasteiger partial charge in [-0.3, -0.25) is 4.79 Å². The minimum atomic E-state index is -1.13. The zero-order valence-electron chi connectivity index (χ0n) is 113. The van der Waals surface area contributed by atoms with Gasteiger partial charge in [-0.1, -0.05) is 555 Å². The van der Waals surface area contributed by atoms with Crippen molar-refractivity contribution in [1.82, 2.24) is 4.90 Å². The number of ketones is 1. The number of allylic oxidation sites excluding steroid dienone is 3. The number of carbonyl (C=O) groups excluding carboxylic acids is 1. The van der Waals surface area contributed by atoms with Gasteiger partial charge in [-0.05, 0) is 206 Å². The summed E-state index contributed by atoms with van der Waals surface area (Å²) in [6.45, 7) is 177. The van der Waals surface area contributed by atoms with Crippen LogP contribution < -0.4 is 0 Å². The van der Waals surface area contributed by atoms with Crippen molar-refractivity contribution >= 4 is 11.5 Å². The monoisotopic (exact) mass is 2010 g/mol. The summed E-state index contributed by atoms with van der Waals surface area (Å²) < 4.78 is 31.8. The third kappa shape index (κ3) is 61.1. The molecule has 6 nitrogen and oxygen atoms in total. The molecule has 0 aromatic heterocycles. The fraction of sp³-hybridized carbons (Fsp3) is 0.911. The first-order valence-corrected chi connectivity index (χ1v) is 56.0. The maximum absolute atomic E-state index is 14.1. The number of ether oxygens (including phenoxy) is 3. The summed E-state index contributed by atoms with van der Waals surface area (Å²) in [7, 11) is 4.34. The molecule has 3 fully saturated rings. The number of rotatable bonds is 3. The van der Waals surface area contributed by atoms with Gasteiger partial charge in [0.1, 0.15) is 11.5 Å². The van der Waals surface area contributed by atoms with E-state index in [1.165, 1.54) is 76.2 Å². The molecule has 142 heavy (non-hydrogen) atoms. The molecule has 0 atom stereocenters. The molecule has 7 heteroatoms.